The van der Waals surface area contributed by atoms with Crippen molar-refractivity contribution in [2.45, 2.75) is 20.8 Å². The fourth-order valence-corrected chi connectivity index (χ4v) is 2.38. The van der Waals surface area contributed by atoms with Gasteiger partial charge in [-0.3, -0.25) is 4.98 Å². The standard InChI is InChI=1S/C15H16FN3S/c1-8-4-5-11(16)12(6-8)19-13-7-9(2)18-10(3)14(13)15(17)20/h4-7H,1-3H3,(H2,17,20)(H,18,19). The van der Waals surface area contributed by atoms with E-state index in [2.05, 4.69) is 10.3 Å². The van der Waals surface area contributed by atoms with E-state index in [9.17, 15) is 4.39 Å². The van der Waals surface area contributed by atoms with Crippen LogP contribution in [0.25, 0.3) is 0 Å². The van der Waals surface area contributed by atoms with Gasteiger partial charge in [0.2, 0.25) is 0 Å². The molecule has 0 amide bonds. The predicted octanol–water partition coefficient (Wildman–Crippen LogP) is 3.52. The van der Waals surface area contributed by atoms with E-state index in [0.29, 0.717) is 16.9 Å². The van der Waals surface area contributed by atoms with Crippen molar-refractivity contribution in [2.75, 3.05) is 5.32 Å². The first-order valence-corrected chi connectivity index (χ1v) is 6.60. The molecule has 0 bridgehead atoms. The van der Waals surface area contributed by atoms with E-state index >= 15 is 0 Å². The van der Waals surface area contributed by atoms with Gasteiger partial charge < -0.3 is 11.1 Å². The molecule has 0 aliphatic carbocycles. The number of hydrogen-bond donors (Lipinski definition) is 2. The Labute approximate surface area is 123 Å². The number of benzene rings is 1. The van der Waals surface area contributed by atoms with E-state index in [1.807, 2.05) is 26.8 Å². The van der Waals surface area contributed by atoms with Crippen LogP contribution in [-0.2, 0) is 0 Å². The van der Waals surface area contributed by atoms with Crippen molar-refractivity contribution >= 4 is 28.6 Å². The fraction of sp³-hybridized carbons (Fsp3) is 0.200. The first kappa shape index (κ1) is 14.4. The van der Waals surface area contributed by atoms with E-state index < -0.39 is 0 Å². The lowest BCUT2D eigenvalue weighted by Crippen LogP contribution is -2.15. The van der Waals surface area contributed by atoms with Crippen molar-refractivity contribution in [1.82, 2.24) is 4.98 Å². The van der Waals surface area contributed by atoms with Crippen LogP contribution in [0.1, 0.15) is 22.5 Å². The highest BCUT2D eigenvalue weighted by Gasteiger charge is 2.13. The monoisotopic (exact) mass is 289 g/mol. The molecule has 0 fully saturated rings. The molecule has 20 heavy (non-hydrogen) atoms. The highest BCUT2D eigenvalue weighted by atomic mass is 32.1. The second-order valence-corrected chi connectivity index (χ2v) is 5.18. The number of thiocarbonyl (C=S) groups is 1. The fourth-order valence-electron chi connectivity index (χ4n) is 2.12. The molecule has 0 aliphatic heterocycles. The van der Waals surface area contributed by atoms with E-state index in [1.165, 1.54) is 6.07 Å². The Morgan fingerprint density at radius 1 is 1.20 bits per heavy atom. The molecule has 0 atom stereocenters. The maximum atomic E-state index is 13.8. The van der Waals surface area contributed by atoms with Crippen LogP contribution in [0.3, 0.4) is 0 Å². The van der Waals surface area contributed by atoms with Crippen LogP contribution in [0, 0.1) is 26.6 Å². The summed E-state index contributed by atoms with van der Waals surface area (Å²) in [5.74, 6) is -0.323. The molecule has 0 saturated heterocycles. The summed E-state index contributed by atoms with van der Waals surface area (Å²) in [5, 5.41) is 3.06. The summed E-state index contributed by atoms with van der Waals surface area (Å²) in [5.41, 5.74) is 9.97. The van der Waals surface area contributed by atoms with Gasteiger partial charge in [-0.15, -0.1) is 0 Å². The maximum Gasteiger partial charge on any atom is 0.146 e. The van der Waals surface area contributed by atoms with E-state index in [4.69, 9.17) is 18.0 Å². The number of rotatable bonds is 3. The number of nitrogens with two attached hydrogens (primary N) is 1. The molecule has 3 nitrogen and oxygen atoms in total. The predicted molar refractivity (Wildman–Crippen MR) is 84.0 cm³/mol. The molecule has 0 saturated carbocycles. The number of aromatic nitrogens is 1. The topological polar surface area (TPSA) is 50.9 Å². The third-order valence-corrected chi connectivity index (χ3v) is 3.17. The van der Waals surface area contributed by atoms with Crippen LogP contribution in [0.5, 0.6) is 0 Å². The Morgan fingerprint density at radius 2 is 1.90 bits per heavy atom. The molecule has 5 heteroatoms. The lowest BCUT2D eigenvalue weighted by atomic mass is 10.1. The van der Waals surface area contributed by atoms with Crippen molar-refractivity contribution in [3.05, 3.63) is 52.6 Å². The quantitative estimate of drug-likeness (QED) is 0.849. The number of nitrogens with one attached hydrogen (secondary N) is 1. The number of hydrogen-bond acceptors (Lipinski definition) is 3. The molecule has 104 valence electrons. The summed E-state index contributed by atoms with van der Waals surface area (Å²) < 4.78 is 13.8. The Bertz CT molecular complexity index is 683. The minimum atomic E-state index is -0.323. The Hall–Kier alpha value is -2.01. The van der Waals surface area contributed by atoms with Gasteiger partial charge in [0.15, 0.2) is 0 Å². The van der Waals surface area contributed by atoms with Gasteiger partial charge in [0.25, 0.3) is 0 Å². The highest BCUT2D eigenvalue weighted by Crippen LogP contribution is 2.26. The highest BCUT2D eigenvalue weighted by molar-refractivity contribution is 7.80. The molecule has 1 heterocycles. The van der Waals surface area contributed by atoms with Gasteiger partial charge in [0.1, 0.15) is 10.8 Å². The summed E-state index contributed by atoms with van der Waals surface area (Å²) in [7, 11) is 0. The van der Waals surface area contributed by atoms with Gasteiger partial charge >= 0.3 is 0 Å². The van der Waals surface area contributed by atoms with Crippen LogP contribution in [0.2, 0.25) is 0 Å². The Kier molecular flexibility index (Phi) is 3.99. The average molecular weight is 289 g/mol. The summed E-state index contributed by atoms with van der Waals surface area (Å²) in [6, 6.07) is 6.70. The lowest BCUT2D eigenvalue weighted by Gasteiger charge is -2.15. The van der Waals surface area contributed by atoms with Gasteiger partial charge in [0, 0.05) is 11.4 Å². The zero-order valence-electron chi connectivity index (χ0n) is 11.6. The minimum absolute atomic E-state index is 0.241. The first-order chi connectivity index (χ1) is 9.38. The van der Waals surface area contributed by atoms with Gasteiger partial charge in [0.05, 0.1) is 16.9 Å². The van der Waals surface area contributed by atoms with Gasteiger partial charge in [-0.2, -0.15) is 0 Å². The molecule has 3 N–H and O–H groups in total. The van der Waals surface area contributed by atoms with Crippen molar-refractivity contribution in [3.8, 4) is 0 Å². The molecule has 0 aliphatic rings. The summed E-state index contributed by atoms with van der Waals surface area (Å²) >= 11 is 5.06. The number of halogens is 1. The number of aryl methyl sites for hydroxylation is 3. The van der Waals surface area contributed by atoms with Crippen LogP contribution in [0.15, 0.2) is 24.3 Å². The van der Waals surface area contributed by atoms with E-state index in [-0.39, 0.29) is 10.8 Å². The van der Waals surface area contributed by atoms with Crippen molar-refractivity contribution in [3.63, 3.8) is 0 Å². The third-order valence-electron chi connectivity index (χ3n) is 2.97. The number of pyridine rings is 1. The van der Waals surface area contributed by atoms with Crippen LogP contribution in [0.4, 0.5) is 15.8 Å². The second kappa shape index (κ2) is 5.54. The zero-order valence-corrected chi connectivity index (χ0v) is 12.4. The van der Waals surface area contributed by atoms with Crippen LogP contribution in [-0.4, -0.2) is 9.97 Å². The van der Waals surface area contributed by atoms with Crippen LogP contribution < -0.4 is 11.1 Å². The molecular formula is C15H16FN3S. The average Bonchev–Trinajstić information content (AvgIpc) is 2.32. The second-order valence-electron chi connectivity index (χ2n) is 4.74. The third kappa shape index (κ3) is 2.93. The maximum absolute atomic E-state index is 13.8. The molecule has 2 aromatic rings. The molecule has 0 unspecified atom stereocenters. The Balaban J connectivity index is 2.53. The lowest BCUT2D eigenvalue weighted by molar-refractivity contribution is 0.631. The van der Waals surface area contributed by atoms with E-state index in [0.717, 1.165) is 17.0 Å². The first-order valence-electron chi connectivity index (χ1n) is 6.19. The molecular weight excluding hydrogens is 273 g/mol. The number of anilines is 2. The van der Waals surface area contributed by atoms with Gasteiger partial charge in [-0.25, -0.2) is 4.39 Å². The molecule has 0 spiro atoms. The van der Waals surface area contributed by atoms with Crippen molar-refractivity contribution in [1.29, 1.82) is 0 Å². The summed E-state index contributed by atoms with van der Waals surface area (Å²) in [6.45, 7) is 5.61. The van der Waals surface area contributed by atoms with Crippen LogP contribution >= 0.6 is 12.2 Å². The molecule has 1 aromatic carbocycles. The van der Waals surface area contributed by atoms with Gasteiger partial charge in [-0.1, -0.05) is 18.3 Å². The molecule has 1 aromatic heterocycles. The Morgan fingerprint density at radius 3 is 2.55 bits per heavy atom. The smallest absolute Gasteiger partial charge is 0.146 e. The SMILES string of the molecule is Cc1ccc(F)c(Nc2cc(C)nc(C)c2C(N)=S)c1. The minimum Gasteiger partial charge on any atom is -0.389 e. The van der Waals surface area contributed by atoms with Crippen molar-refractivity contribution < 1.29 is 4.39 Å². The van der Waals surface area contributed by atoms with E-state index in [1.54, 1.807) is 12.1 Å². The molecule has 2 rings (SSSR count). The molecule has 0 radical (unpaired) electrons. The largest absolute Gasteiger partial charge is 0.389 e. The van der Waals surface area contributed by atoms with Gasteiger partial charge in [-0.05, 0) is 44.5 Å². The normalized spacial score (nSPS) is 10.4. The number of nitrogens with zero attached hydrogens (tertiary/aromatic N) is 1. The summed E-state index contributed by atoms with van der Waals surface area (Å²) in [6.07, 6.45) is 0. The zero-order chi connectivity index (χ0) is 14.9. The van der Waals surface area contributed by atoms with Crippen molar-refractivity contribution in [2.24, 2.45) is 5.73 Å². The summed E-state index contributed by atoms with van der Waals surface area (Å²) in [4.78, 5) is 4.58.